The molecule has 1 aromatic rings. The molecular weight excluding hydrogens is 328 g/mol. The van der Waals surface area contributed by atoms with Crippen LogP contribution >= 0.6 is 0 Å². The van der Waals surface area contributed by atoms with Crippen molar-refractivity contribution in [3.63, 3.8) is 0 Å². The molecule has 8 nitrogen and oxygen atoms in total. The van der Waals surface area contributed by atoms with Crippen molar-refractivity contribution < 1.29 is 28.6 Å². The van der Waals surface area contributed by atoms with Crippen LogP contribution in [0.25, 0.3) is 0 Å². The first kappa shape index (κ1) is 18.5. The molecule has 2 rings (SSSR count). The van der Waals surface area contributed by atoms with Crippen LogP contribution in [0.5, 0.6) is 0 Å². The Balaban J connectivity index is 2.52. The van der Waals surface area contributed by atoms with Gasteiger partial charge < -0.3 is 24.0 Å². The van der Waals surface area contributed by atoms with E-state index in [0.29, 0.717) is 11.4 Å². The lowest BCUT2D eigenvalue weighted by atomic mass is 10.1. The molecule has 1 amide bonds. The van der Waals surface area contributed by atoms with Crippen molar-refractivity contribution in [1.29, 1.82) is 0 Å². The van der Waals surface area contributed by atoms with Gasteiger partial charge in [-0.1, -0.05) is 6.07 Å². The minimum atomic E-state index is -0.672. The highest BCUT2D eigenvalue weighted by Crippen LogP contribution is 2.29. The van der Waals surface area contributed by atoms with Crippen molar-refractivity contribution in [2.45, 2.75) is 6.92 Å². The lowest BCUT2D eigenvalue weighted by Gasteiger charge is -2.31. The molecule has 1 aliphatic rings. The number of carbonyl (C=O) groups excluding carboxylic acids is 3. The Morgan fingerprint density at radius 2 is 1.84 bits per heavy atom. The van der Waals surface area contributed by atoms with Crippen molar-refractivity contribution in [2.24, 2.45) is 0 Å². The number of esters is 2. The van der Waals surface area contributed by atoms with E-state index in [1.807, 2.05) is 0 Å². The minimum Gasteiger partial charge on any atom is -0.466 e. The van der Waals surface area contributed by atoms with Crippen molar-refractivity contribution in [1.82, 2.24) is 0 Å². The number of hydrogen-bond donors (Lipinski definition) is 0. The van der Waals surface area contributed by atoms with Gasteiger partial charge in [0.15, 0.2) is 0 Å². The Bertz CT molecular complexity index is 728. The SMILES string of the molecule is COC(=O)C1=C(C(=O)OC)N(c2cccc(N(C)C(C)=O)c2)COC1. The van der Waals surface area contributed by atoms with Gasteiger partial charge >= 0.3 is 11.9 Å². The molecule has 0 spiro atoms. The maximum atomic E-state index is 12.3. The molecule has 1 heterocycles. The van der Waals surface area contributed by atoms with Crippen LogP contribution in [0.1, 0.15) is 6.92 Å². The third kappa shape index (κ3) is 3.80. The number of methoxy groups -OCH3 is 2. The monoisotopic (exact) mass is 348 g/mol. The second-order valence-electron chi connectivity index (χ2n) is 5.31. The third-order valence-corrected chi connectivity index (χ3v) is 3.83. The van der Waals surface area contributed by atoms with E-state index in [0.717, 1.165) is 0 Å². The number of amides is 1. The number of rotatable bonds is 4. The molecule has 0 bridgehead atoms. The molecular formula is C17H20N2O6. The van der Waals surface area contributed by atoms with Crippen LogP contribution in [-0.2, 0) is 28.6 Å². The fourth-order valence-corrected chi connectivity index (χ4v) is 2.40. The predicted octanol–water partition coefficient (Wildman–Crippen LogP) is 1.06. The lowest BCUT2D eigenvalue weighted by molar-refractivity contribution is -0.140. The van der Waals surface area contributed by atoms with Gasteiger partial charge in [0.25, 0.3) is 0 Å². The summed E-state index contributed by atoms with van der Waals surface area (Å²) in [4.78, 5) is 38.8. The quantitative estimate of drug-likeness (QED) is 0.752. The molecule has 0 atom stereocenters. The molecule has 0 N–H and O–H groups in total. The number of hydrogen-bond acceptors (Lipinski definition) is 7. The summed E-state index contributed by atoms with van der Waals surface area (Å²) in [5.74, 6) is -1.47. The summed E-state index contributed by atoms with van der Waals surface area (Å²) in [6.07, 6.45) is 0. The van der Waals surface area contributed by atoms with Crippen molar-refractivity contribution in [3.8, 4) is 0 Å². The molecule has 1 aliphatic heterocycles. The van der Waals surface area contributed by atoms with E-state index in [1.54, 1.807) is 31.3 Å². The number of benzene rings is 1. The van der Waals surface area contributed by atoms with Crippen LogP contribution in [0.4, 0.5) is 11.4 Å². The van der Waals surface area contributed by atoms with Gasteiger partial charge in [0, 0.05) is 25.3 Å². The summed E-state index contributed by atoms with van der Waals surface area (Å²) in [5.41, 5.74) is 1.35. The van der Waals surface area contributed by atoms with Crippen molar-refractivity contribution in [2.75, 3.05) is 44.4 Å². The Morgan fingerprint density at radius 3 is 2.44 bits per heavy atom. The zero-order chi connectivity index (χ0) is 18.6. The van der Waals surface area contributed by atoms with E-state index in [9.17, 15) is 14.4 Å². The van der Waals surface area contributed by atoms with Crippen LogP contribution < -0.4 is 9.80 Å². The average Bonchev–Trinajstić information content (AvgIpc) is 2.65. The first-order chi connectivity index (χ1) is 11.9. The highest BCUT2D eigenvalue weighted by atomic mass is 16.5. The predicted molar refractivity (Wildman–Crippen MR) is 89.9 cm³/mol. The maximum absolute atomic E-state index is 12.3. The smallest absolute Gasteiger partial charge is 0.355 e. The molecule has 0 aliphatic carbocycles. The third-order valence-electron chi connectivity index (χ3n) is 3.83. The van der Waals surface area contributed by atoms with Gasteiger partial charge in [-0.25, -0.2) is 9.59 Å². The molecule has 134 valence electrons. The molecule has 25 heavy (non-hydrogen) atoms. The molecule has 0 radical (unpaired) electrons. The van der Waals surface area contributed by atoms with Crippen LogP contribution in [0.3, 0.4) is 0 Å². The fraction of sp³-hybridized carbons (Fsp3) is 0.353. The largest absolute Gasteiger partial charge is 0.466 e. The summed E-state index contributed by atoms with van der Waals surface area (Å²) in [6.45, 7) is 1.45. The molecule has 0 fully saturated rings. The number of nitrogens with zero attached hydrogens (tertiary/aromatic N) is 2. The Kier molecular flexibility index (Phi) is 5.76. The average molecular weight is 348 g/mol. The van der Waals surface area contributed by atoms with Gasteiger partial charge in [-0.05, 0) is 18.2 Å². The van der Waals surface area contributed by atoms with Gasteiger partial charge in [-0.2, -0.15) is 0 Å². The van der Waals surface area contributed by atoms with Crippen molar-refractivity contribution in [3.05, 3.63) is 35.5 Å². The van der Waals surface area contributed by atoms with E-state index in [4.69, 9.17) is 14.2 Å². The zero-order valence-electron chi connectivity index (χ0n) is 14.6. The van der Waals surface area contributed by atoms with Gasteiger partial charge in [0.05, 0.1) is 26.4 Å². The van der Waals surface area contributed by atoms with E-state index in [1.165, 1.54) is 30.9 Å². The molecule has 8 heteroatoms. The minimum absolute atomic E-state index is 0.0537. The Labute approximate surface area is 145 Å². The summed E-state index contributed by atoms with van der Waals surface area (Å²) in [7, 11) is 4.11. The summed E-state index contributed by atoms with van der Waals surface area (Å²) in [5, 5.41) is 0. The van der Waals surface area contributed by atoms with E-state index in [2.05, 4.69) is 0 Å². The lowest BCUT2D eigenvalue weighted by Crippen LogP contribution is -2.38. The summed E-state index contributed by atoms with van der Waals surface area (Å²) in [6, 6.07) is 6.96. The first-order valence-electron chi connectivity index (χ1n) is 7.50. The van der Waals surface area contributed by atoms with Crippen LogP contribution in [0.15, 0.2) is 35.5 Å². The van der Waals surface area contributed by atoms with E-state index < -0.39 is 11.9 Å². The number of anilines is 2. The van der Waals surface area contributed by atoms with Crippen LogP contribution in [0, 0.1) is 0 Å². The molecule has 0 saturated carbocycles. The molecule has 0 aromatic heterocycles. The molecule has 0 saturated heterocycles. The van der Waals surface area contributed by atoms with Gasteiger partial charge in [0.2, 0.25) is 5.91 Å². The van der Waals surface area contributed by atoms with Gasteiger partial charge in [0.1, 0.15) is 12.4 Å². The van der Waals surface area contributed by atoms with E-state index >= 15 is 0 Å². The second-order valence-corrected chi connectivity index (χ2v) is 5.31. The number of ether oxygens (including phenoxy) is 3. The summed E-state index contributed by atoms with van der Waals surface area (Å²) >= 11 is 0. The first-order valence-corrected chi connectivity index (χ1v) is 7.50. The van der Waals surface area contributed by atoms with Crippen molar-refractivity contribution >= 4 is 29.2 Å². The standard InChI is InChI=1S/C17H20N2O6/c1-11(20)18(2)12-6-5-7-13(8-12)19-10-25-9-14(16(21)23-3)15(19)17(22)24-4/h5-8H,9-10H2,1-4H3. The zero-order valence-corrected chi connectivity index (χ0v) is 14.6. The molecule has 1 aromatic carbocycles. The normalized spacial score (nSPS) is 14.2. The fourth-order valence-electron chi connectivity index (χ4n) is 2.40. The van der Waals surface area contributed by atoms with Gasteiger partial charge in [-0.15, -0.1) is 0 Å². The highest BCUT2D eigenvalue weighted by molar-refractivity contribution is 6.03. The van der Waals surface area contributed by atoms with Crippen LogP contribution in [-0.4, -0.2) is 52.5 Å². The van der Waals surface area contributed by atoms with Crippen LogP contribution in [0.2, 0.25) is 0 Å². The summed E-state index contributed by atoms with van der Waals surface area (Å²) < 4.78 is 15.0. The molecule has 0 unspecified atom stereocenters. The Morgan fingerprint density at radius 1 is 1.16 bits per heavy atom. The highest BCUT2D eigenvalue weighted by Gasteiger charge is 2.32. The second kappa shape index (κ2) is 7.80. The maximum Gasteiger partial charge on any atom is 0.355 e. The Hall–Kier alpha value is -2.87. The topological polar surface area (TPSA) is 85.4 Å². The van der Waals surface area contributed by atoms with Gasteiger partial charge in [-0.3, -0.25) is 4.79 Å². The van der Waals surface area contributed by atoms with E-state index in [-0.39, 0.29) is 30.5 Å². The number of carbonyl (C=O) groups is 3.